The highest BCUT2D eigenvalue weighted by Gasteiger charge is 2.34. The number of unbranched alkanes of at least 4 members (excludes halogenated alkanes) is 4. The second-order valence-electron chi connectivity index (χ2n) is 8.29. The molecular formula is C27H31ClN2O5S2. The highest BCUT2D eigenvalue weighted by Crippen LogP contribution is 2.35. The molecule has 2 aromatic carbocycles. The Morgan fingerprint density at radius 3 is 2.49 bits per heavy atom. The lowest BCUT2D eigenvalue weighted by molar-refractivity contribution is -0.121. The maximum atomic E-state index is 13.1. The SMILES string of the molecule is C=CCN1C(=O)/C(=C/c2ccc(OC)c(OCCCCCCC)c2)S/C1=N/S(=O)(=O)c1ccc(Cl)cc1. The molecule has 1 fully saturated rings. The largest absolute Gasteiger partial charge is 0.493 e. The molecule has 0 bridgehead atoms. The Hall–Kier alpha value is -2.75. The Bertz CT molecular complexity index is 1270. The minimum Gasteiger partial charge on any atom is -0.493 e. The summed E-state index contributed by atoms with van der Waals surface area (Å²) in [6.07, 6.45) is 8.84. The van der Waals surface area contributed by atoms with E-state index in [1.165, 1.54) is 54.5 Å². The molecule has 0 spiro atoms. The first-order chi connectivity index (χ1) is 17.8. The molecule has 198 valence electrons. The Labute approximate surface area is 228 Å². The minimum atomic E-state index is -4.05. The van der Waals surface area contributed by atoms with Gasteiger partial charge in [0.1, 0.15) is 0 Å². The number of methoxy groups -OCH3 is 1. The summed E-state index contributed by atoms with van der Waals surface area (Å²) in [4.78, 5) is 14.7. The van der Waals surface area contributed by atoms with E-state index in [1.54, 1.807) is 19.3 Å². The van der Waals surface area contributed by atoms with Crippen LogP contribution in [0.25, 0.3) is 6.08 Å². The van der Waals surface area contributed by atoms with Crippen LogP contribution in [0, 0.1) is 0 Å². The molecular weight excluding hydrogens is 532 g/mol. The van der Waals surface area contributed by atoms with Gasteiger partial charge in [0.25, 0.3) is 15.9 Å². The van der Waals surface area contributed by atoms with Gasteiger partial charge in [0.2, 0.25) is 0 Å². The highest BCUT2D eigenvalue weighted by atomic mass is 35.5. The van der Waals surface area contributed by atoms with Crippen molar-refractivity contribution in [2.45, 2.75) is 43.9 Å². The lowest BCUT2D eigenvalue weighted by Crippen LogP contribution is -2.29. The van der Waals surface area contributed by atoms with E-state index in [0.29, 0.717) is 28.0 Å². The van der Waals surface area contributed by atoms with Crippen LogP contribution in [0.2, 0.25) is 5.02 Å². The molecule has 1 aliphatic rings. The van der Waals surface area contributed by atoms with Gasteiger partial charge >= 0.3 is 0 Å². The molecule has 7 nitrogen and oxygen atoms in total. The summed E-state index contributed by atoms with van der Waals surface area (Å²) in [5, 5.41) is 0.470. The van der Waals surface area contributed by atoms with E-state index in [4.69, 9.17) is 21.1 Å². The molecule has 1 saturated heterocycles. The number of sulfonamides is 1. The number of nitrogens with zero attached hydrogens (tertiary/aromatic N) is 2. The molecule has 3 rings (SSSR count). The molecule has 0 radical (unpaired) electrons. The van der Waals surface area contributed by atoms with Crippen LogP contribution in [-0.2, 0) is 14.8 Å². The summed E-state index contributed by atoms with van der Waals surface area (Å²) >= 11 is 6.87. The Kier molecular flexibility index (Phi) is 10.7. The van der Waals surface area contributed by atoms with E-state index < -0.39 is 10.0 Å². The maximum absolute atomic E-state index is 13.1. The number of ether oxygens (including phenoxy) is 2. The number of amides is 1. The molecule has 37 heavy (non-hydrogen) atoms. The number of carbonyl (C=O) groups is 1. The van der Waals surface area contributed by atoms with E-state index in [9.17, 15) is 13.2 Å². The number of benzene rings is 2. The van der Waals surface area contributed by atoms with Gasteiger partial charge in [-0.15, -0.1) is 11.0 Å². The van der Waals surface area contributed by atoms with Crippen molar-refractivity contribution in [1.29, 1.82) is 0 Å². The van der Waals surface area contributed by atoms with Crippen molar-refractivity contribution in [2.24, 2.45) is 4.40 Å². The van der Waals surface area contributed by atoms with Crippen LogP contribution in [0.3, 0.4) is 0 Å². The minimum absolute atomic E-state index is 0.0138. The first kappa shape index (κ1) is 28.8. The van der Waals surface area contributed by atoms with Crippen molar-refractivity contribution >= 4 is 50.5 Å². The van der Waals surface area contributed by atoms with Gasteiger partial charge in [0.05, 0.1) is 23.5 Å². The third-order valence-electron chi connectivity index (χ3n) is 5.50. The highest BCUT2D eigenvalue weighted by molar-refractivity contribution is 8.19. The van der Waals surface area contributed by atoms with Crippen molar-refractivity contribution in [1.82, 2.24) is 4.90 Å². The molecule has 1 heterocycles. The summed E-state index contributed by atoms with van der Waals surface area (Å²) < 4.78 is 41.1. The number of thioether (sulfide) groups is 1. The van der Waals surface area contributed by atoms with E-state index in [0.717, 1.165) is 30.2 Å². The number of hydrogen-bond donors (Lipinski definition) is 0. The van der Waals surface area contributed by atoms with Gasteiger partial charge in [0, 0.05) is 11.6 Å². The standard InChI is InChI=1S/C27H31ClN2O5S2/c1-4-6-7-8-9-17-35-24-18-20(10-15-23(24)34-3)19-25-26(31)30(16-5-2)27(36-25)29-37(32,33)22-13-11-21(28)12-14-22/h5,10-15,18-19H,2,4,6-9,16-17H2,1,3H3/b25-19-,29-27+. The van der Waals surface area contributed by atoms with Crippen molar-refractivity contribution in [3.63, 3.8) is 0 Å². The predicted octanol–water partition coefficient (Wildman–Crippen LogP) is 6.55. The number of rotatable bonds is 13. The third kappa shape index (κ3) is 7.87. The van der Waals surface area contributed by atoms with Gasteiger partial charge in [-0.25, -0.2) is 0 Å². The number of amidine groups is 1. The fraction of sp³-hybridized carbons (Fsp3) is 0.333. The lowest BCUT2D eigenvalue weighted by Gasteiger charge is -2.12. The predicted molar refractivity (Wildman–Crippen MR) is 151 cm³/mol. The van der Waals surface area contributed by atoms with Gasteiger partial charge < -0.3 is 9.47 Å². The molecule has 2 aromatic rings. The Morgan fingerprint density at radius 2 is 1.81 bits per heavy atom. The maximum Gasteiger partial charge on any atom is 0.284 e. The number of hydrogen-bond acceptors (Lipinski definition) is 6. The van der Waals surface area contributed by atoms with Gasteiger partial charge in [0.15, 0.2) is 16.7 Å². The summed E-state index contributed by atoms with van der Waals surface area (Å²) in [6.45, 7) is 6.54. The fourth-order valence-corrected chi connectivity index (χ4v) is 5.88. The normalized spacial score (nSPS) is 16.0. The first-order valence-electron chi connectivity index (χ1n) is 12.0. The summed E-state index contributed by atoms with van der Waals surface area (Å²) in [7, 11) is -2.47. The van der Waals surface area contributed by atoms with E-state index in [2.05, 4.69) is 17.9 Å². The third-order valence-corrected chi connectivity index (χ3v) is 8.16. The van der Waals surface area contributed by atoms with Gasteiger partial charge in [-0.05, 0) is 66.2 Å². The molecule has 1 amide bonds. The van der Waals surface area contributed by atoms with Crippen LogP contribution in [0.1, 0.15) is 44.6 Å². The molecule has 10 heteroatoms. The van der Waals surface area contributed by atoms with E-state index in [1.807, 2.05) is 12.1 Å². The molecule has 1 aliphatic heterocycles. The first-order valence-corrected chi connectivity index (χ1v) is 14.7. The van der Waals surface area contributed by atoms with Crippen LogP contribution in [0.4, 0.5) is 0 Å². The van der Waals surface area contributed by atoms with Crippen LogP contribution >= 0.6 is 23.4 Å². The molecule has 0 N–H and O–H groups in total. The molecule has 0 aromatic heterocycles. The zero-order valence-electron chi connectivity index (χ0n) is 21.0. The average molecular weight is 563 g/mol. The molecule has 0 aliphatic carbocycles. The van der Waals surface area contributed by atoms with Gasteiger partial charge in [-0.1, -0.05) is 56.4 Å². The summed E-state index contributed by atoms with van der Waals surface area (Å²) in [5.74, 6) is 0.833. The van der Waals surface area contributed by atoms with Gasteiger partial charge in [-0.3, -0.25) is 9.69 Å². The average Bonchev–Trinajstić information content (AvgIpc) is 3.15. The molecule has 0 unspecified atom stereocenters. The number of carbonyl (C=O) groups excluding carboxylic acids is 1. The monoisotopic (exact) mass is 562 g/mol. The zero-order valence-corrected chi connectivity index (χ0v) is 23.4. The van der Waals surface area contributed by atoms with Gasteiger partial charge in [-0.2, -0.15) is 8.42 Å². The van der Waals surface area contributed by atoms with E-state index >= 15 is 0 Å². The van der Waals surface area contributed by atoms with Crippen molar-refractivity contribution in [3.8, 4) is 11.5 Å². The second kappa shape index (κ2) is 13.7. The topological polar surface area (TPSA) is 85.3 Å². The van der Waals surface area contributed by atoms with Crippen LogP contribution < -0.4 is 9.47 Å². The molecule has 0 atom stereocenters. The summed E-state index contributed by atoms with van der Waals surface area (Å²) in [5.41, 5.74) is 0.720. The van der Waals surface area contributed by atoms with Crippen LogP contribution in [0.5, 0.6) is 11.5 Å². The van der Waals surface area contributed by atoms with Crippen LogP contribution in [0.15, 0.2) is 69.3 Å². The molecule has 0 saturated carbocycles. The zero-order chi connectivity index (χ0) is 26.8. The second-order valence-corrected chi connectivity index (χ2v) is 11.3. The quantitative estimate of drug-likeness (QED) is 0.156. The van der Waals surface area contributed by atoms with Crippen LogP contribution in [-0.4, -0.2) is 44.7 Å². The smallest absolute Gasteiger partial charge is 0.284 e. The summed E-state index contributed by atoms with van der Waals surface area (Å²) in [6, 6.07) is 11.1. The Morgan fingerprint density at radius 1 is 1.08 bits per heavy atom. The fourth-order valence-electron chi connectivity index (χ4n) is 3.56. The van der Waals surface area contributed by atoms with Crippen molar-refractivity contribution < 1.29 is 22.7 Å². The number of halogens is 1. The van der Waals surface area contributed by atoms with E-state index in [-0.39, 0.29) is 22.5 Å². The lowest BCUT2D eigenvalue weighted by atomic mass is 10.1. The van der Waals surface area contributed by atoms with Crippen molar-refractivity contribution in [3.05, 3.63) is 70.6 Å². The Balaban J connectivity index is 1.84. The van der Waals surface area contributed by atoms with Crippen molar-refractivity contribution in [2.75, 3.05) is 20.3 Å².